The topological polar surface area (TPSA) is 69.6 Å². The Kier molecular flexibility index (Phi) is 6.08. The Balaban J connectivity index is 1.49. The number of benzene rings is 1. The average Bonchev–Trinajstić information content (AvgIpc) is 3.21. The van der Waals surface area contributed by atoms with Gasteiger partial charge in [0.25, 0.3) is 5.91 Å². The van der Waals surface area contributed by atoms with Gasteiger partial charge in [-0.25, -0.2) is 0 Å². The number of likely N-dealkylation sites (tertiary alicyclic amines) is 1. The van der Waals surface area contributed by atoms with E-state index in [0.717, 1.165) is 44.1 Å². The molecule has 2 N–H and O–H groups in total. The van der Waals surface area contributed by atoms with E-state index < -0.39 is 0 Å². The smallest absolute Gasteiger partial charge is 0.253 e. The van der Waals surface area contributed by atoms with Crippen LogP contribution >= 0.6 is 0 Å². The van der Waals surface area contributed by atoms with Gasteiger partial charge in [-0.2, -0.15) is 0 Å². The van der Waals surface area contributed by atoms with Gasteiger partial charge in [0.15, 0.2) is 0 Å². The van der Waals surface area contributed by atoms with Crippen molar-refractivity contribution in [3.8, 4) is 0 Å². The highest BCUT2D eigenvalue weighted by atomic mass is 16.3. The van der Waals surface area contributed by atoms with E-state index >= 15 is 0 Å². The van der Waals surface area contributed by atoms with Crippen LogP contribution in [0.1, 0.15) is 54.4 Å². The lowest BCUT2D eigenvalue weighted by Gasteiger charge is -2.31. The molecule has 0 unspecified atom stereocenters. The van der Waals surface area contributed by atoms with Gasteiger partial charge < -0.3 is 15.3 Å². The summed E-state index contributed by atoms with van der Waals surface area (Å²) in [5, 5.41) is 12.2. The fraction of sp³-hybridized carbons (Fsp3) is 0.600. The van der Waals surface area contributed by atoms with Gasteiger partial charge in [-0.1, -0.05) is 25.0 Å². The molecule has 1 aliphatic heterocycles. The van der Waals surface area contributed by atoms with Crippen LogP contribution in [0.15, 0.2) is 24.3 Å². The molecule has 5 nitrogen and oxygen atoms in total. The summed E-state index contributed by atoms with van der Waals surface area (Å²) in [5.74, 6) is 0.722. The molecule has 1 aromatic rings. The van der Waals surface area contributed by atoms with Crippen molar-refractivity contribution in [3.63, 3.8) is 0 Å². The molecule has 1 saturated heterocycles. The summed E-state index contributed by atoms with van der Waals surface area (Å²) in [4.78, 5) is 26.5. The third kappa shape index (κ3) is 4.60. The van der Waals surface area contributed by atoms with E-state index in [1.807, 2.05) is 29.2 Å². The standard InChI is InChI=1S/C20H28N2O3/c23-14-16-9-11-22(12-10-16)20(25)18-7-5-15(6-8-18)13-21-19(24)17-3-1-2-4-17/h5-8,16-17,23H,1-4,9-14H2,(H,21,24). The molecular weight excluding hydrogens is 316 g/mol. The number of aliphatic hydroxyl groups is 1. The van der Waals surface area contributed by atoms with E-state index in [1.54, 1.807) is 0 Å². The Morgan fingerprint density at radius 2 is 1.68 bits per heavy atom. The van der Waals surface area contributed by atoms with Gasteiger partial charge in [-0.3, -0.25) is 9.59 Å². The third-order valence-corrected chi connectivity index (χ3v) is 5.55. The van der Waals surface area contributed by atoms with Crippen LogP contribution in [-0.2, 0) is 11.3 Å². The first-order valence-electron chi connectivity index (χ1n) is 9.44. The SMILES string of the molecule is O=C(NCc1ccc(C(=O)N2CCC(CO)CC2)cc1)C1CCCC1. The molecule has 2 fully saturated rings. The molecule has 1 saturated carbocycles. The molecule has 0 bridgehead atoms. The number of carbonyl (C=O) groups is 2. The Hall–Kier alpha value is -1.88. The quantitative estimate of drug-likeness (QED) is 0.861. The number of aliphatic hydroxyl groups excluding tert-OH is 1. The maximum atomic E-state index is 12.5. The second-order valence-electron chi connectivity index (χ2n) is 7.31. The predicted octanol–water partition coefficient (Wildman–Crippen LogP) is 2.34. The summed E-state index contributed by atoms with van der Waals surface area (Å²) in [6, 6.07) is 7.53. The fourth-order valence-electron chi connectivity index (χ4n) is 3.79. The van der Waals surface area contributed by atoms with Crippen molar-refractivity contribution in [2.45, 2.75) is 45.1 Å². The summed E-state index contributed by atoms with van der Waals surface area (Å²) >= 11 is 0. The first-order chi connectivity index (χ1) is 12.2. The lowest BCUT2D eigenvalue weighted by molar-refractivity contribution is -0.124. The molecule has 25 heavy (non-hydrogen) atoms. The Morgan fingerprint density at radius 3 is 2.28 bits per heavy atom. The Morgan fingerprint density at radius 1 is 1.04 bits per heavy atom. The molecule has 3 rings (SSSR count). The van der Waals surface area contributed by atoms with Gasteiger partial charge in [-0.05, 0) is 49.3 Å². The van der Waals surface area contributed by atoms with Crippen LogP contribution < -0.4 is 5.32 Å². The molecule has 0 atom stereocenters. The molecule has 1 aliphatic carbocycles. The second kappa shape index (κ2) is 8.48. The highest BCUT2D eigenvalue weighted by molar-refractivity contribution is 5.94. The maximum absolute atomic E-state index is 12.5. The average molecular weight is 344 g/mol. The molecule has 5 heteroatoms. The van der Waals surface area contributed by atoms with Crippen LogP contribution in [0.4, 0.5) is 0 Å². The van der Waals surface area contributed by atoms with Gasteiger partial charge in [0.2, 0.25) is 5.91 Å². The second-order valence-corrected chi connectivity index (χ2v) is 7.31. The largest absolute Gasteiger partial charge is 0.396 e. The Labute approximate surface area is 149 Å². The van der Waals surface area contributed by atoms with Crippen LogP contribution in [-0.4, -0.2) is 41.5 Å². The number of piperidine rings is 1. The number of nitrogens with one attached hydrogen (secondary N) is 1. The maximum Gasteiger partial charge on any atom is 0.253 e. The number of carbonyl (C=O) groups excluding carboxylic acids is 2. The molecule has 0 spiro atoms. The van der Waals surface area contributed by atoms with Crippen molar-refractivity contribution in [3.05, 3.63) is 35.4 Å². The van der Waals surface area contributed by atoms with E-state index in [9.17, 15) is 14.7 Å². The van der Waals surface area contributed by atoms with Crippen molar-refractivity contribution in [1.82, 2.24) is 10.2 Å². The summed E-state index contributed by atoms with van der Waals surface area (Å²) in [7, 11) is 0. The predicted molar refractivity (Wildman–Crippen MR) is 96.0 cm³/mol. The summed E-state index contributed by atoms with van der Waals surface area (Å²) in [6.07, 6.45) is 6.06. The number of hydrogen-bond acceptors (Lipinski definition) is 3. The van der Waals surface area contributed by atoms with Crippen LogP contribution in [0, 0.1) is 11.8 Å². The first-order valence-corrected chi connectivity index (χ1v) is 9.44. The van der Waals surface area contributed by atoms with Gasteiger partial charge in [-0.15, -0.1) is 0 Å². The van der Waals surface area contributed by atoms with Crippen molar-refractivity contribution < 1.29 is 14.7 Å². The number of hydrogen-bond donors (Lipinski definition) is 2. The number of rotatable bonds is 5. The zero-order valence-electron chi connectivity index (χ0n) is 14.7. The van der Waals surface area contributed by atoms with Crippen molar-refractivity contribution in [2.24, 2.45) is 11.8 Å². The molecule has 1 heterocycles. The van der Waals surface area contributed by atoms with Gasteiger partial charge in [0, 0.05) is 37.7 Å². The highest BCUT2D eigenvalue weighted by Crippen LogP contribution is 2.24. The molecule has 1 aromatic carbocycles. The third-order valence-electron chi connectivity index (χ3n) is 5.55. The van der Waals surface area contributed by atoms with Crippen LogP contribution in [0.2, 0.25) is 0 Å². The minimum absolute atomic E-state index is 0.0536. The van der Waals surface area contributed by atoms with Crippen LogP contribution in [0.25, 0.3) is 0 Å². The van der Waals surface area contributed by atoms with E-state index in [4.69, 9.17) is 0 Å². The van der Waals surface area contributed by atoms with Crippen LogP contribution in [0.5, 0.6) is 0 Å². The fourth-order valence-corrected chi connectivity index (χ4v) is 3.79. The van der Waals surface area contributed by atoms with E-state index in [0.29, 0.717) is 31.1 Å². The van der Waals surface area contributed by atoms with Gasteiger partial charge in [0.05, 0.1) is 0 Å². The van der Waals surface area contributed by atoms with Gasteiger partial charge >= 0.3 is 0 Å². The summed E-state index contributed by atoms with van der Waals surface area (Å²) < 4.78 is 0. The van der Waals surface area contributed by atoms with Crippen LogP contribution in [0.3, 0.4) is 0 Å². The van der Waals surface area contributed by atoms with Crippen molar-refractivity contribution in [2.75, 3.05) is 19.7 Å². The van der Waals surface area contributed by atoms with Crippen molar-refractivity contribution in [1.29, 1.82) is 0 Å². The highest BCUT2D eigenvalue weighted by Gasteiger charge is 2.24. The van der Waals surface area contributed by atoms with Gasteiger partial charge in [0.1, 0.15) is 0 Å². The number of nitrogens with zero attached hydrogens (tertiary/aromatic N) is 1. The number of amides is 2. The molecule has 2 amide bonds. The van der Waals surface area contributed by atoms with E-state index in [1.165, 1.54) is 0 Å². The normalized spacial score (nSPS) is 19.2. The molecule has 2 aliphatic rings. The van der Waals surface area contributed by atoms with E-state index in [-0.39, 0.29) is 24.3 Å². The van der Waals surface area contributed by atoms with Crippen molar-refractivity contribution >= 4 is 11.8 Å². The summed E-state index contributed by atoms with van der Waals surface area (Å²) in [5.41, 5.74) is 1.70. The first kappa shape index (κ1) is 17.9. The van der Waals surface area contributed by atoms with E-state index in [2.05, 4.69) is 5.32 Å². The molecule has 0 radical (unpaired) electrons. The molecular formula is C20H28N2O3. The lowest BCUT2D eigenvalue weighted by atomic mass is 9.97. The molecule has 136 valence electrons. The zero-order chi connectivity index (χ0) is 17.6. The molecule has 0 aromatic heterocycles. The monoisotopic (exact) mass is 344 g/mol. The minimum atomic E-state index is 0.0536. The zero-order valence-corrected chi connectivity index (χ0v) is 14.7. The minimum Gasteiger partial charge on any atom is -0.396 e. The lowest BCUT2D eigenvalue weighted by Crippen LogP contribution is -2.39. The summed E-state index contributed by atoms with van der Waals surface area (Å²) in [6.45, 7) is 2.15. The Bertz CT molecular complexity index is 585.